The highest BCUT2D eigenvalue weighted by Crippen LogP contribution is 2.37. The fourth-order valence-corrected chi connectivity index (χ4v) is 4.66. The summed E-state index contributed by atoms with van der Waals surface area (Å²) in [6.45, 7) is -0.728. The summed E-state index contributed by atoms with van der Waals surface area (Å²) in [6, 6.07) is 9.84. The molecule has 0 radical (unpaired) electrons. The predicted molar refractivity (Wildman–Crippen MR) is 136 cm³/mol. The van der Waals surface area contributed by atoms with Crippen LogP contribution in [0.15, 0.2) is 41.3 Å². The van der Waals surface area contributed by atoms with E-state index in [1.807, 2.05) is 22.6 Å². The van der Waals surface area contributed by atoms with Gasteiger partial charge in [0, 0.05) is 10.7 Å². The fourth-order valence-electron chi connectivity index (χ4n) is 2.85. The number of amides is 3. The normalized spacial score (nSPS) is 14.4. The Balaban J connectivity index is 1.74. The monoisotopic (exact) mass is 616 g/mol. The van der Waals surface area contributed by atoms with Crippen molar-refractivity contribution < 1.29 is 33.4 Å². The van der Waals surface area contributed by atoms with Crippen LogP contribution in [0.4, 0.5) is 10.5 Å². The van der Waals surface area contributed by atoms with Gasteiger partial charge in [-0.1, -0.05) is 17.7 Å². The summed E-state index contributed by atoms with van der Waals surface area (Å²) in [7, 11) is 2.69. The highest BCUT2D eigenvalue weighted by Gasteiger charge is 2.36. The molecule has 1 saturated heterocycles. The molecule has 178 valence electrons. The number of hydrogen-bond acceptors (Lipinski definition) is 8. The Hall–Kier alpha value is -2.77. The van der Waals surface area contributed by atoms with Crippen molar-refractivity contribution >= 4 is 80.7 Å². The zero-order chi connectivity index (χ0) is 24.8. The summed E-state index contributed by atoms with van der Waals surface area (Å²) in [6.07, 6.45) is 1.52. The maximum absolute atomic E-state index is 12.8. The number of imide groups is 1. The molecule has 0 atom stereocenters. The first-order valence-corrected chi connectivity index (χ1v) is 11.9. The van der Waals surface area contributed by atoms with Crippen LogP contribution in [0.2, 0.25) is 5.02 Å². The fraction of sp³-hybridized carbons (Fsp3) is 0.182. The van der Waals surface area contributed by atoms with E-state index in [0.717, 1.165) is 16.7 Å². The molecule has 0 unspecified atom stereocenters. The van der Waals surface area contributed by atoms with Crippen LogP contribution in [0.25, 0.3) is 6.08 Å². The third-order valence-corrected chi connectivity index (χ3v) is 6.34. The molecule has 3 rings (SSSR count). The van der Waals surface area contributed by atoms with Gasteiger partial charge >= 0.3 is 5.97 Å². The molecule has 1 aliphatic heterocycles. The number of carbonyl (C=O) groups is 4. The van der Waals surface area contributed by atoms with Crippen molar-refractivity contribution in [1.29, 1.82) is 0 Å². The van der Waals surface area contributed by atoms with Crippen LogP contribution in [0.1, 0.15) is 5.56 Å². The summed E-state index contributed by atoms with van der Waals surface area (Å²) in [5.41, 5.74) is 1.02. The van der Waals surface area contributed by atoms with Gasteiger partial charge in [0.05, 0.1) is 22.7 Å². The molecule has 1 aliphatic rings. The van der Waals surface area contributed by atoms with E-state index >= 15 is 0 Å². The van der Waals surface area contributed by atoms with E-state index in [1.54, 1.807) is 36.4 Å². The van der Waals surface area contributed by atoms with Crippen molar-refractivity contribution in [2.24, 2.45) is 0 Å². The topological polar surface area (TPSA) is 111 Å². The van der Waals surface area contributed by atoms with Crippen molar-refractivity contribution in [2.75, 3.05) is 32.7 Å². The second kappa shape index (κ2) is 11.6. The average Bonchev–Trinajstić information content (AvgIpc) is 3.04. The minimum absolute atomic E-state index is 0.154. The second-order valence-electron chi connectivity index (χ2n) is 6.73. The number of nitrogens with one attached hydrogen (secondary N) is 1. The molecule has 0 saturated carbocycles. The van der Waals surface area contributed by atoms with Crippen molar-refractivity contribution in [3.05, 3.63) is 55.5 Å². The van der Waals surface area contributed by atoms with Gasteiger partial charge in [-0.3, -0.25) is 19.3 Å². The number of methoxy groups -OCH3 is 2. The van der Waals surface area contributed by atoms with E-state index in [4.69, 9.17) is 21.1 Å². The Bertz CT molecular complexity index is 1190. The predicted octanol–water partition coefficient (Wildman–Crippen LogP) is 4.18. The van der Waals surface area contributed by atoms with E-state index < -0.39 is 29.6 Å². The number of benzene rings is 2. The minimum atomic E-state index is -0.587. The quantitative estimate of drug-likeness (QED) is 0.267. The number of ether oxygens (including phenoxy) is 3. The zero-order valence-electron chi connectivity index (χ0n) is 17.9. The number of nitrogens with zero attached hydrogens (tertiary/aromatic N) is 1. The lowest BCUT2D eigenvalue weighted by molar-refractivity contribution is -0.143. The lowest BCUT2D eigenvalue weighted by Crippen LogP contribution is -2.36. The largest absolute Gasteiger partial charge is 0.493 e. The number of thioether (sulfide) groups is 1. The molecule has 2 aromatic carbocycles. The zero-order valence-corrected chi connectivity index (χ0v) is 21.7. The van der Waals surface area contributed by atoms with Crippen LogP contribution >= 0.6 is 46.0 Å². The highest BCUT2D eigenvalue weighted by molar-refractivity contribution is 14.1. The molecule has 34 heavy (non-hydrogen) atoms. The third kappa shape index (κ3) is 6.42. The number of carbonyl (C=O) groups excluding carboxylic acids is 4. The SMILES string of the molecule is COC(=O)COc1c(I)cc(/C=C2\SC(=O)N(CC(=O)Nc3cccc(Cl)c3)C2=O)cc1OC. The first kappa shape index (κ1) is 25.8. The molecule has 1 fully saturated rings. The molecule has 1 heterocycles. The summed E-state index contributed by atoms with van der Waals surface area (Å²) < 4.78 is 16.0. The third-order valence-electron chi connectivity index (χ3n) is 4.40. The number of halogens is 2. The van der Waals surface area contributed by atoms with Crippen LogP contribution in [0.3, 0.4) is 0 Å². The molecule has 12 heteroatoms. The maximum Gasteiger partial charge on any atom is 0.343 e. The molecule has 0 aromatic heterocycles. The van der Waals surface area contributed by atoms with E-state index in [-0.39, 0.29) is 11.5 Å². The Morgan fingerprint density at radius 3 is 2.65 bits per heavy atom. The maximum atomic E-state index is 12.8. The van der Waals surface area contributed by atoms with Crippen LogP contribution in [-0.4, -0.2) is 55.3 Å². The Kier molecular flexibility index (Phi) is 8.80. The van der Waals surface area contributed by atoms with Gasteiger partial charge in [0.1, 0.15) is 6.54 Å². The lowest BCUT2D eigenvalue weighted by Gasteiger charge is -2.13. The van der Waals surface area contributed by atoms with E-state index in [1.165, 1.54) is 20.3 Å². The molecule has 0 aliphatic carbocycles. The number of hydrogen-bond donors (Lipinski definition) is 1. The van der Waals surface area contributed by atoms with Crippen LogP contribution < -0.4 is 14.8 Å². The van der Waals surface area contributed by atoms with Crippen molar-refractivity contribution in [3.8, 4) is 11.5 Å². The molecule has 2 aromatic rings. The van der Waals surface area contributed by atoms with Crippen molar-refractivity contribution in [1.82, 2.24) is 4.90 Å². The standard InChI is InChI=1S/C22H18ClIN2O7S/c1-31-16-7-12(6-15(24)20(16)33-11-19(28)32-2)8-17-21(29)26(22(30)34-17)10-18(27)25-14-5-3-4-13(23)9-14/h3-9H,10-11H2,1-2H3,(H,25,27)/b17-8-. The van der Waals surface area contributed by atoms with E-state index in [0.29, 0.717) is 31.3 Å². The van der Waals surface area contributed by atoms with Gasteiger partial charge in [-0.2, -0.15) is 0 Å². The molecule has 1 N–H and O–H groups in total. The molecule has 3 amide bonds. The Morgan fingerprint density at radius 1 is 1.21 bits per heavy atom. The molecule has 0 bridgehead atoms. The van der Waals surface area contributed by atoms with Crippen molar-refractivity contribution in [3.63, 3.8) is 0 Å². The van der Waals surface area contributed by atoms with Gasteiger partial charge in [-0.05, 0) is 76.3 Å². The molecule has 0 spiro atoms. The molecular formula is C22H18ClIN2O7S. The van der Waals surface area contributed by atoms with Crippen LogP contribution in [0, 0.1) is 3.57 Å². The van der Waals surface area contributed by atoms with Crippen LogP contribution in [0.5, 0.6) is 11.5 Å². The molecular weight excluding hydrogens is 599 g/mol. The number of rotatable bonds is 8. The number of anilines is 1. The van der Waals surface area contributed by atoms with Gasteiger partial charge < -0.3 is 19.5 Å². The summed E-state index contributed by atoms with van der Waals surface area (Å²) in [5.74, 6) is -0.987. The average molecular weight is 617 g/mol. The number of esters is 1. The van der Waals surface area contributed by atoms with E-state index in [9.17, 15) is 19.2 Å². The summed E-state index contributed by atoms with van der Waals surface area (Å²) in [4.78, 5) is 49.9. The van der Waals surface area contributed by atoms with Gasteiger partial charge in [0.15, 0.2) is 18.1 Å². The smallest absolute Gasteiger partial charge is 0.343 e. The van der Waals surface area contributed by atoms with Gasteiger partial charge in [0.25, 0.3) is 11.1 Å². The van der Waals surface area contributed by atoms with Gasteiger partial charge in [-0.15, -0.1) is 0 Å². The van der Waals surface area contributed by atoms with E-state index in [2.05, 4.69) is 10.1 Å². The molecule has 9 nitrogen and oxygen atoms in total. The summed E-state index contributed by atoms with van der Waals surface area (Å²) >= 11 is 8.64. The summed E-state index contributed by atoms with van der Waals surface area (Å²) in [5, 5.41) is 2.49. The Morgan fingerprint density at radius 2 is 1.97 bits per heavy atom. The lowest BCUT2D eigenvalue weighted by atomic mass is 10.2. The second-order valence-corrected chi connectivity index (χ2v) is 9.32. The minimum Gasteiger partial charge on any atom is -0.493 e. The Labute approximate surface area is 217 Å². The first-order chi connectivity index (χ1) is 16.2. The highest BCUT2D eigenvalue weighted by atomic mass is 127. The van der Waals surface area contributed by atoms with Crippen molar-refractivity contribution in [2.45, 2.75) is 0 Å². The van der Waals surface area contributed by atoms with Crippen LogP contribution in [-0.2, 0) is 19.1 Å². The first-order valence-electron chi connectivity index (χ1n) is 9.59. The van der Waals surface area contributed by atoms with Gasteiger partial charge in [0.2, 0.25) is 5.91 Å². The van der Waals surface area contributed by atoms with Gasteiger partial charge in [-0.25, -0.2) is 4.79 Å².